The summed E-state index contributed by atoms with van der Waals surface area (Å²) in [6.07, 6.45) is 4.47. The fraction of sp³-hybridized carbons (Fsp3) is 0.941. The molecule has 2 heterocycles. The van der Waals surface area contributed by atoms with E-state index in [1.165, 1.54) is 6.42 Å². The Kier molecular flexibility index (Phi) is 3.42. The average molecular weight is 294 g/mol. The molecule has 0 aromatic heterocycles. The molecule has 4 nitrogen and oxygen atoms in total. The number of nitrogens with two attached hydrogens (primary N) is 1. The Morgan fingerprint density at radius 2 is 1.95 bits per heavy atom. The quantitative estimate of drug-likeness (QED) is 0.806. The molecule has 0 bridgehead atoms. The number of hydrogen-bond acceptors (Lipinski definition) is 3. The zero-order valence-corrected chi connectivity index (χ0v) is 13.9. The first kappa shape index (κ1) is 15.3. The number of fused-ring (bicyclic) bond motifs is 1. The van der Waals surface area contributed by atoms with Gasteiger partial charge in [-0.15, -0.1) is 0 Å². The predicted molar refractivity (Wildman–Crippen MR) is 82.8 cm³/mol. The lowest BCUT2D eigenvalue weighted by atomic mass is 9.46. The zero-order valence-electron chi connectivity index (χ0n) is 13.9. The lowest BCUT2D eigenvalue weighted by Crippen LogP contribution is -2.82. The Morgan fingerprint density at radius 1 is 1.24 bits per heavy atom. The Hall–Kier alpha value is -0.610. The number of nitrogens with zero attached hydrogens (tertiary/aromatic N) is 1. The third-order valence-corrected chi connectivity index (χ3v) is 6.23. The van der Waals surface area contributed by atoms with Crippen LogP contribution in [-0.2, 0) is 9.53 Å². The molecule has 0 aromatic rings. The Bertz CT molecular complexity index is 446. The van der Waals surface area contributed by atoms with Crippen LogP contribution in [0, 0.1) is 16.7 Å². The van der Waals surface area contributed by atoms with Gasteiger partial charge in [0.1, 0.15) is 5.54 Å². The summed E-state index contributed by atoms with van der Waals surface area (Å²) in [5, 5.41) is 0. The van der Waals surface area contributed by atoms with Crippen molar-refractivity contribution in [1.82, 2.24) is 4.90 Å². The van der Waals surface area contributed by atoms with Crippen LogP contribution in [0.1, 0.15) is 53.4 Å². The topological polar surface area (TPSA) is 55.6 Å². The van der Waals surface area contributed by atoms with E-state index in [9.17, 15) is 4.79 Å². The molecule has 2 saturated heterocycles. The second-order valence-electron chi connectivity index (χ2n) is 8.63. The zero-order chi connectivity index (χ0) is 15.5. The van der Waals surface area contributed by atoms with E-state index in [0.717, 1.165) is 39.0 Å². The van der Waals surface area contributed by atoms with Crippen LogP contribution >= 0.6 is 0 Å². The molecule has 3 unspecified atom stereocenters. The van der Waals surface area contributed by atoms with Crippen molar-refractivity contribution >= 4 is 5.91 Å². The van der Waals surface area contributed by atoms with Gasteiger partial charge in [-0.05, 0) is 31.1 Å². The van der Waals surface area contributed by atoms with Crippen molar-refractivity contribution in [2.24, 2.45) is 22.5 Å². The first-order valence-corrected chi connectivity index (χ1v) is 8.40. The summed E-state index contributed by atoms with van der Waals surface area (Å²) in [7, 11) is 0. The minimum absolute atomic E-state index is 0.151. The SMILES string of the molecule is CC1(C)CCCN(C(=O)C2(N)C3CCCOC3C2(C)C)C1. The third-order valence-electron chi connectivity index (χ3n) is 6.23. The largest absolute Gasteiger partial charge is 0.377 e. The van der Waals surface area contributed by atoms with E-state index in [1.54, 1.807) is 0 Å². The molecule has 0 aromatic carbocycles. The molecule has 2 aliphatic heterocycles. The van der Waals surface area contributed by atoms with Gasteiger partial charge < -0.3 is 15.4 Å². The van der Waals surface area contributed by atoms with Crippen molar-refractivity contribution in [2.45, 2.75) is 65.0 Å². The molecule has 21 heavy (non-hydrogen) atoms. The standard InChI is InChI=1S/C17H30N2O2/c1-15(2)8-6-9-19(11-15)14(20)17(18)12-7-5-10-21-13(12)16(17,3)4/h12-13H,5-11,18H2,1-4H3. The molecule has 1 amide bonds. The summed E-state index contributed by atoms with van der Waals surface area (Å²) in [6.45, 7) is 11.2. The lowest BCUT2D eigenvalue weighted by Gasteiger charge is -2.66. The molecule has 3 atom stereocenters. The second kappa shape index (κ2) is 4.69. The van der Waals surface area contributed by atoms with Crippen molar-refractivity contribution in [3.8, 4) is 0 Å². The highest BCUT2D eigenvalue weighted by Crippen LogP contribution is 2.58. The van der Waals surface area contributed by atoms with E-state index in [0.29, 0.717) is 0 Å². The van der Waals surface area contributed by atoms with Crippen molar-refractivity contribution in [3.05, 3.63) is 0 Å². The highest BCUT2D eigenvalue weighted by atomic mass is 16.5. The van der Waals surface area contributed by atoms with Crippen LogP contribution in [0.4, 0.5) is 0 Å². The number of piperidine rings is 1. The number of rotatable bonds is 1. The van der Waals surface area contributed by atoms with E-state index in [4.69, 9.17) is 10.5 Å². The average Bonchev–Trinajstić information content (AvgIpc) is 2.44. The van der Waals surface area contributed by atoms with Crippen LogP contribution < -0.4 is 5.73 Å². The molecule has 0 radical (unpaired) electrons. The summed E-state index contributed by atoms with van der Waals surface area (Å²) >= 11 is 0. The fourth-order valence-corrected chi connectivity index (χ4v) is 4.87. The van der Waals surface area contributed by atoms with Crippen LogP contribution in [-0.4, -0.2) is 42.1 Å². The Balaban J connectivity index is 1.83. The van der Waals surface area contributed by atoms with Crippen molar-refractivity contribution < 1.29 is 9.53 Å². The van der Waals surface area contributed by atoms with Gasteiger partial charge in [-0.3, -0.25) is 4.79 Å². The maximum atomic E-state index is 13.2. The molecule has 1 saturated carbocycles. The van der Waals surface area contributed by atoms with Gasteiger partial charge in [0.2, 0.25) is 5.91 Å². The number of likely N-dealkylation sites (tertiary alicyclic amines) is 1. The first-order chi connectivity index (χ1) is 9.70. The van der Waals surface area contributed by atoms with Gasteiger partial charge in [0, 0.05) is 31.0 Å². The second-order valence-corrected chi connectivity index (χ2v) is 8.63. The number of carbonyl (C=O) groups is 1. The molecule has 1 aliphatic carbocycles. The van der Waals surface area contributed by atoms with Crippen LogP contribution in [0.15, 0.2) is 0 Å². The molecule has 3 fully saturated rings. The predicted octanol–water partition coefficient (Wildman–Crippen LogP) is 2.17. The molecule has 2 N–H and O–H groups in total. The number of carbonyl (C=O) groups excluding carboxylic acids is 1. The van der Waals surface area contributed by atoms with E-state index in [1.807, 2.05) is 4.90 Å². The number of amides is 1. The molecule has 3 rings (SSSR count). The molecular weight excluding hydrogens is 264 g/mol. The highest BCUT2D eigenvalue weighted by Gasteiger charge is 2.71. The maximum Gasteiger partial charge on any atom is 0.243 e. The Labute approximate surface area is 128 Å². The maximum absolute atomic E-state index is 13.2. The van der Waals surface area contributed by atoms with Gasteiger partial charge in [0.15, 0.2) is 0 Å². The van der Waals surface area contributed by atoms with E-state index < -0.39 is 5.54 Å². The lowest BCUT2D eigenvalue weighted by molar-refractivity contribution is -0.231. The first-order valence-electron chi connectivity index (χ1n) is 8.40. The van der Waals surface area contributed by atoms with E-state index in [-0.39, 0.29) is 28.8 Å². The molecule has 0 spiro atoms. The normalized spacial score (nSPS) is 41.1. The monoisotopic (exact) mass is 294 g/mol. The summed E-state index contributed by atoms with van der Waals surface area (Å²) in [6, 6.07) is 0. The van der Waals surface area contributed by atoms with Crippen molar-refractivity contribution in [3.63, 3.8) is 0 Å². The van der Waals surface area contributed by atoms with Gasteiger partial charge in [0.25, 0.3) is 0 Å². The number of hydrogen-bond donors (Lipinski definition) is 1. The van der Waals surface area contributed by atoms with Crippen molar-refractivity contribution in [1.29, 1.82) is 0 Å². The summed E-state index contributed by atoms with van der Waals surface area (Å²) < 4.78 is 5.92. The van der Waals surface area contributed by atoms with E-state index in [2.05, 4.69) is 27.7 Å². The molecule has 3 aliphatic rings. The van der Waals surface area contributed by atoms with Gasteiger partial charge >= 0.3 is 0 Å². The van der Waals surface area contributed by atoms with Crippen LogP contribution in [0.5, 0.6) is 0 Å². The van der Waals surface area contributed by atoms with Gasteiger partial charge in [-0.2, -0.15) is 0 Å². The fourth-order valence-electron chi connectivity index (χ4n) is 4.87. The number of ether oxygens (including phenoxy) is 1. The van der Waals surface area contributed by atoms with Crippen molar-refractivity contribution in [2.75, 3.05) is 19.7 Å². The summed E-state index contributed by atoms with van der Waals surface area (Å²) in [5.74, 6) is 0.353. The Morgan fingerprint density at radius 3 is 2.62 bits per heavy atom. The smallest absolute Gasteiger partial charge is 0.243 e. The van der Waals surface area contributed by atoms with Crippen LogP contribution in [0.25, 0.3) is 0 Å². The van der Waals surface area contributed by atoms with Crippen LogP contribution in [0.3, 0.4) is 0 Å². The summed E-state index contributed by atoms with van der Waals surface area (Å²) in [4.78, 5) is 15.2. The summed E-state index contributed by atoms with van der Waals surface area (Å²) in [5.41, 5.74) is 5.92. The molecule has 120 valence electrons. The molecule has 4 heteroatoms. The van der Waals surface area contributed by atoms with Gasteiger partial charge in [-0.1, -0.05) is 27.7 Å². The van der Waals surface area contributed by atoms with Gasteiger partial charge in [0.05, 0.1) is 6.10 Å². The van der Waals surface area contributed by atoms with Crippen LogP contribution in [0.2, 0.25) is 0 Å². The minimum atomic E-state index is -0.745. The van der Waals surface area contributed by atoms with E-state index >= 15 is 0 Å². The molecular formula is C17H30N2O2. The third kappa shape index (κ3) is 2.06. The van der Waals surface area contributed by atoms with Gasteiger partial charge in [-0.25, -0.2) is 0 Å². The highest BCUT2D eigenvalue weighted by molar-refractivity contribution is 5.89. The minimum Gasteiger partial charge on any atom is -0.377 e.